The molecule has 0 saturated carbocycles. The Morgan fingerprint density at radius 2 is 2.04 bits per heavy atom. The molecule has 1 amide bonds. The second-order valence-electron chi connectivity index (χ2n) is 5.90. The number of rotatable bonds is 6. The first-order valence-corrected chi connectivity index (χ1v) is 7.93. The van der Waals surface area contributed by atoms with E-state index < -0.39 is 18.1 Å². The van der Waals surface area contributed by atoms with E-state index in [0.29, 0.717) is 11.2 Å². The molecule has 3 rings (SSSR count). The molecule has 0 fully saturated rings. The van der Waals surface area contributed by atoms with Crippen LogP contribution in [0.4, 0.5) is 5.69 Å². The van der Waals surface area contributed by atoms with Crippen molar-refractivity contribution in [3.05, 3.63) is 54.4 Å². The van der Waals surface area contributed by atoms with Crippen LogP contribution >= 0.6 is 0 Å². The Hall–Kier alpha value is -2.90. The first kappa shape index (κ1) is 16.9. The molecule has 5 N–H and O–H groups in total. The van der Waals surface area contributed by atoms with E-state index in [4.69, 9.17) is 5.73 Å². The van der Waals surface area contributed by atoms with Crippen molar-refractivity contribution < 1.29 is 15.0 Å². The lowest BCUT2D eigenvalue weighted by Gasteiger charge is -2.22. The van der Waals surface area contributed by atoms with Gasteiger partial charge >= 0.3 is 0 Å². The third-order valence-electron chi connectivity index (χ3n) is 4.12. The first-order valence-electron chi connectivity index (χ1n) is 7.93. The minimum absolute atomic E-state index is 0.198. The standard InChI is InChI=1S/C18H20N4O3/c1-11(24)15(10-23)21-17-14(18(19)25)8-20-22-9-13(7-16(17)22)12-5-3-2-4-6-12/h2-9,11,15,21,23-24H,10H2,1H3,(H2,19,25). The fraction of sp³-hybridized carbons (Fsp3) is 0.222. The molecule has 0 saturated heterocycles. The largest absolute Gasteiger partial charge is 0.394 e. The maximum atomic E-state index is 11.8. The number of hydrogen-bond acceptors (Lipinski definition) is 5. The van der Waals surface area contributed by atoms with Crippen molar-refractivity contribution in [2.75, 3.05) is 11.9 Å². The summed E-state index contributed by atoms with van der Waals surface area (Å²) in [4.78, 5) is 11.8. The fourth-order valence-electron chi connectivity index (χ4n) is 2.69. The van der Waals surface area contributed by atoms with E-state index in [1.54, 1.807) is 11.4 Å². The minimum Gasteiger partial charge on any atom is -0.394 e. The molecule has 7 nitrogen and oxygen atoms in total. The zero-order chi connectivity index (χ0) is 18.0. The van der Waals surface area contributed by atoms with Gasteiger partial charge < -0.3 is 21.3 Å². The lowest BCUT2D eigenvalue weighted by molar-refractivity contribution is 0.0999. The summed E-state index contributed by atoms with van der Waals surface area (Å²) in [5.74, 6) is -0.637. The van der Waals surface area contributed by atoms with Crippen molar-refractivity contribution in [3.63, 3.8) is 0 Å². The van der Waals surface area contributed by atoms with Crippen LogP contribution in [0.3, 0.4) is 0 Å². The summed E-state index contributed by atoms with van der Waals surface area (Å²) in [6.07, 6.45) is 2.40. The van der Waals surface area contributed by atoms with Gasteiger partial charge in [-0.3, -0.25) is 4.79 Å². The third kappa shape index (κ3) is 3.33. The van der Waals surface area contributed by atoms with Crippen LogP contribution in [-0.4, -0.2) is 44.5 Å². The lowest BCUT2D eigenvalue weighted by Crippen LogP contribution is -2.35. The highest BCUT2D eigenvalue weighted by Gasteiger charge is 2.20. The molecule has 0 aliphatic rings. The summed E-state index contributed by atoms with van der Waals surface area (Å²) < 4.78 is 1.63. The van der Waals surface area contributed by atoms with Gasteiger partial charge in [0.2, 0.25) is 0 Å². The van der Waals surface area contributed by atoms with Crippen LogP contribution in [0.5, 0.6) is 0 Å². The van der Waals surface area contributed by atoms with Crippen molar-refractivity contribution in [1.29, 1.82) is 0 Å². The number of fused-ring (bicyclic) bond motifs is 1. The number of aliphatic hydroxyl groups is 2. The van der Waals surface area contributed by atoms with E-state index in [1.807, 2.05) is 42.6 Å². The molecule has 2 heterocycles. The predicted octanol–water partition coefficient (Wildman–Crippen LogP) is 1.25. The summed E-state index contributed by atoms with van der Waals surface area (Å²) in [5, 5.41) is 26.5. The number of anilines is 1. The van der Waals surface area contributed by atoms with Gasteiger partial charge in [0, 0.05) is 11.8 Å². The van der Waals surface area contributed by atoms with Crippen molar-refractivity contribution >= 4 is 17.1 Å². The number of amides is 1. The van der Waals surface area contributed by atoms with Gasteiger partial charge in [-0.05, 0) is 18.6 Å². The number of nitrogens with two attached hydrogens (primary N) is 1. The highest BCUT2D eigenvalue weighted by molar-refractivity contribution is 6.02. The van der Waals surface area contributed by atoms with Crippen LogP contribution < -0.4 is 11.1 Å². The lowest BCUT2D eigenvalue weighted by atomic mass is 10.1. The Balaban J connectivity index is 2.15. The summed E-state index contributed by atoms with van der Waals surface area (Å²) in [5.41, 5.74) is 8.66. The topological polar surface area (TPSA) is 113 Å². The van der Waals surface area contributed by atoms with Crippen molar-refractivity contribution in [3.8, 4) is 11.1 Å². The van der Waals surface area contributed by atoms with Crippen LogP contribution in [0, 0.1) is 0 Å². The quantitative estimate of drug-likeness (QED) is 0.539. The third-order valence-corrected chi connectivity index (χ3v) is 4.12. The monoisotopic (exact) mass is 340 g/mol. The molecule has 0 aliphatic carbocycles. The molecular formula is C18H20N4O3. The molecule has 0 spiro atoms. The molecule has 0 aliphatic heterocycles. The number of nitrogens with one attached hydrogen (secondary N) is 1. The number of nitrogens with zero attached hydrogens (tertiary/aromatic N) is 2. The summed E-state index contributed by atoms with van der Waals surface area (Å²) in [7, 11) is 0. The molecule has 7 heteroatoms. The highest BCUT2D eigenvalue weighted by atomic mass is 16.3. The van der Waals surface area contributed by atoms with E-state index in [1.165, 1.54) is 6.20 Å². The minimum atomic E-state index is -0.817. The van der Waals surface area contributed by atoms with Crippen LogP contribution in [0.25, 0.3) is 16.6 Å². The SMILES string of the molecule is CC(O)C(CO)Nc1c(C(N)=O)cnn2cc(-c3ccccc3)cc12. The Labute approximate surface area is 144 Å². The van der Waals surface area contributed by atoms with Crippen LogP contribution in [-0.2, 0) is 0 Å². The zero-order valence-corrected chi connectivity index (χ0v) is 13.8. The molecule has 2 atom stereocenters. The number of aliphatic hydroxyl groups excluding tert-OH is 2. The van der Waals surface area contributed by atoms with Crippen molar-refractivity contribution in [2.45, 2.75) is 19.1 Å². The average Bonchev–Trinajstić information content (AvgIpc) is 3.04. The van der Waals surface area contributed by atoms with E-state index >= 15 is 0 Å². The van der Waals surface area contributed by atoms with Gasteiger partial charge in [-0.15, -0.1) is 0 Å². The Kier molecular flexibility index (Phi) is 4.69. The molecular weight excluding hydrogens is 320 g/mol. The smallest absolute Gasteiger partial charge is 0.252 e. The van der Waals surface area contributed by atoms with Crippen LogP contribution in [0.2, 0.25) is 0 Å². The number of benzene rings is 1. The predicted molar refractivity (Wildman–Crippen MR) is 95.3 cm³/mol. The number of carbonyl (C=O) groups excluding carboxylic acids is 1. The van der Waals surface area contributed by atoms with E-state index in [-0.39, 0.29) is 12.2 Å². The molecule has 2 aromatic heterocycles. The maximum absolute atomic E-state index is 11.8. The van der Waals surface area contributed by atoms with E-state index in [0.717, 1.165) is 11.1 Å². The zero-order valence-electron chi connectivity index (χ0n) is 13.8. The van der Waals surface area contributed by atoms with Crippen molar-refractivity contribution in [2.24, 2.45) is 5.73 Å². The second-order valence-corrected chi connectivity index (χ2v) is 5.90. The van der Waals surface area contributed by atoms with E-state index in [9.17, 15) is 15.0 Å². The number of hydrogen-bond donors (Lipinski definition) is 4. The molecule has 0 radical (unpaired) electrons. The fourth-order valence-corrected chi connectivity index (χ4v) is 2.69. The van der Waals surface area contributed by atoms with Crippen LogP contribution in [0.1, 0.15) is 17.3 Å². The van der Waals surface area contributed by atoms with Gasteiger partial charge in [0.25, 0.3) is 5.91 Å². The van der Waals surface area contributed by atoms with Gasteiger partial charge in [-0.25, -0.2) is 4.52 Å². The molecule has 1 aromatic carbocycles. The molecule has 0 bridgehead atoms. The second kappa shape index (κ2) is 6.92. The highest BCUT2D eigenvalue weighted by Crippen LogP contribution is 2.29. The summed E-state index contributed by atoms with van der Waals surface area (Å²) >= 11 is 0. The van der Waals surface area contributed by atoms with Gasteiger partial charge in [0.1, 0.15) is 0 Å². The molecule has 25 heavy (non-hydrogen) atoms. The molecule has 130 valence electrons. The van der Waals surface area contributed by atoms with Crippen LogP contribution in [0.15, 0.2) is 48.8 Å². The maximum Gasteiger partial charge on any atom is 0.252 e. The van der Waals surface area contributed by atoms with Crippen molar-refractivity contribution in [1.82, 2.24) is 9.61 Å². The number of carbonyl (C=O) groups is 1. The molecule has 2 unspecified atom stereocenters. The van der Waals surface area contributed by atoms with Gasteiger partial charge in [-0.1, -0.05) is 30.3 Å². The molecule has 3 aromatic rings. The van der Waals surface area contributed by atoms with Gasteiger partial charge in [-0.2, -0.15) is 5.10 Å². The summed E-state index contributed by atoms with van der Waals surface area (Å²) in [6, 6.07) is 11.0. The van der Waals surface area contributed by atoms with Gasteiger partial charge in [0.05, 0.1) is 41.7 Å². The van der Waals surface area contributed by atoms with E-state index in [2.05, 4.69) is 10.4 Å². The number of primary amides is 1. The Bertz CT molecular complexity index is 890. The first-order chi connectivity index (χ1) is 12.0. The Morgan fingerprint density at radius 1 is 1.32 bits per heavy atom. The van der Waals surface area contributed by atoms with Gasteiger partial charge in [0.15, 0.2) is 0 Å². The number of aromatic nitrogens is 2. The Morgan fingerprint density at radius 3 is 2.64 bits per heavy atom. The normalized spacial score (nSPS) is 13.6. The average molecular weight is 340 g/mol. The summed E-state index contributed by atoms with van der Waals surface area (Å²) in [6.45, 7) is 1.26.